The summed E-state index contributed by atoms with van der Waals surface area (Å²) in [5, 5.41) is 9.42. The van der Waals surface area contributed by atoms with E-state index in [0.717, 1.165) is 22.3 Å². The Morgan fingerprint density at radius 1 is 0.833 bits per heavy atom. The minimum atomic E-state index is -0.987. The van der Waals surface area contributed by atoms with Crippen molar-refractivity contribution in [2.75, 3.05) is 6.61 Å². The van der Waals surface area contributed by atoms with Crippen molar-refractivity contribution in [2.24, 2.45) is 0 Å². The van der Waals surface area contributed by atoms with Crippen molar-refractivity contribution >= 4 is 5.97 Å². The Kier molecular flexibility index (Phi) is 4.62. The Morgan fingerprint density at radius 3 is 2.12 bits per heavy atom. The summed E-state index contributed by atoms with van der Waals surface area (Å²) in [4.78, 5) is 11.5. The highest BCUT2D eigenvalue weighted by molar-refractivity contribution is 5.93. The summed E-state index contributed by atoms with van der Waals surface area (Å²) in [6.07, 6.45) is 0. The van der Waals surface area contributed by atoms with Gasteiger partial charge in [0.15, 0.2) is 0 Å². The van der Waals surface area contributed by atoms with Crippen LogP contribution in [0.5, 0.6) is 5.75 Å². The fraction of sp³-hybridized carbons (Fsp3) is 0.0952. The molecule has 0 atom stereocenters. The van der Waals surface area contributed by atoms with Gasteiger partial charge in [-0.2, -0.15) is 0 Å². The molecule has 3 rings (SSSR count). The summed E-state index contributed by atoms with van der Waals surface area (Å²) < 4.78 is 5.40. The number of benzene rings is 3. The van der Waals surface area contributed by atoms with Crippen molar-refractivity contribution in [2.45, 2.75) is 6.92 Å². The van der Waals surface area contributed by atoms with Crippen LogP contribution in [0.25, 0.3) is 22.3 Å². The van der Waals surface area contributed by atoms with Crippen LogP contribution in [-0.4, -0.2) is 17.7 Å². The minimum Gasteiger partial charge on any atom is -0.493 e. The number of aromatic carboxylic acids is 1. The second-order valence-electron chi connectivity index (χ2n) is 5.40. The summed E-state index contributed by atoms with van der Waals surface area (Å²) >= 11 is 0. The van der Waals surface area contributed by atoms with Gasteiger partial charge >= 0.3 is 5.97 Å². The maximum atomic E-state index is 11.5. The first-order valence-electron chi connectivity index (χ1n) is 7.85. The molecule has 120 valence electrons. The fourth-order valence-electron chi connectivity index (χ4n) is 2.67. The third-order valence-corrected chi connectivity index (χ3v) is 3.81. The van der Waals surface area contributed by atoms with Crippen LogP contribution in [0.15, 0.2) is 72.8 Å². The van der Waals surface area contributed by atoms with Crippen LogP contribution in [0, 0.1) is 0 Å². The van der Waals surface area contributed by atoms with Gasteiger partial charge in [-0.25, -0.2) is 4.79 Å². The molecule has 0 spiro atoms. The molecule has 3 heteroatoms. The molecule has 0 aliphatic rings. The van der Waals surface area contributed by atoms with Gasteiger partial charge in [-0.3, -0.25) is 0 Å². The van der Waals surface area contributed by atoms with E-state index in [-0.39, 0.29) is 5.56 Å². The maximum Gasteiger partial charge on any atom is 0.339 e. The smallest absolute Gasteiger partial charge is 0.339 e. The summed E-state index contributed by atoms with van der Waals surface area (Å²) in [6.45, 7) is 2.27. The lowest BCUT2D eigenvalue weighted by Crippen LogP contribution is -2.03. The molecule has 0 saturated heterocycles. The molecule has 0 radical (unpaired) electrons. The molecule has 24 heavy (non-hydrogen) atoms. The van der Waals surface area contributed by atoms with Crippen molar-refractivity contribution < 1.29 is 14.6 Å². The van der Waals surface area contributed by atoms with Gasteiger partial charge in [-0.15, -0.1) is 0 Å². The van der Waals surface area contributed by atoms with Gasteiger partial charge in [-0.05, 0) is 47.4 Å². The summed E-state index contributed by atoms with van der Waals surface area (Å²) in [6, 6.07) is 23.4. The standard InChI is InChI=1S/C21H18O3/c1-2-24-20-12-11-18(14-19(20)21(22)23)17-10-6-9-16(13-17)15-7-4-3-5-8-15/h3-14H,2H2,1H3,(H,22,23). The minimum absolute atomic E-state index is 0.180. The zero-order chi connectivity index (χ0) is 16.9. The third kappa shape index (κ3) is 3.30. The zero-order valence-electron chi connectivity index (χ0n) is 13.4. The van der Waals surface area contributed by atoms with Crippen LogP contribution in [0.3, 0.4) is 0 Å². The van der Waals surface area contributed by atoms with Crippen LogP contribution < -0.4 is 4.74 Å². The molecule has 0 aliphatic carbocycles. The van der Waals surface area contributed by atoms with Gasteiger partial charge in [0, 0.05) is 0 Å². The average molecular weight is 318 g/mol. The second-order valence-corrected chi connectivity index (χ2v) is 5.40. The number of hydrogen-bond acceptors (Lipinski definition) is 2. The first-order chi connectivity index (χ1) is 11.7. The van der Waals surface area contributed by atoms with E-state index in [1.54, 1.807) is 12.1 Å². The van der Waals surface area contributed by atoms with E-state index in [4.69, 9.17) is 4.74 Å². The SMILES string of the molecule is CCOc1ccc(-c2cccc(-c3ccccc3)c2)cc1C(=O)O. The number of carbonyl (C=O) groups is 1. The Bertz CT molecular complexity index is 854. The van der Waals surface area contributed by atoms with Gasteiger partial charge in [0.1, 0.15) is 11.3 Å². The fourth-order valence-corrected chi connectivity index (χ4v) is 2.67. The quantitative estimate of drug-likeness (QED) is 0.710. The van der Waals surface area contributed by atoms with Gasteiger partial charge in [0.05, 0.1) is 6.61 Å². The Balaban J connectivity index is 2.03. The molecule has 1 N–H and O–H groups in total. The summed E-state index contributed by atoms with van der Waals surface area (Å²) in [5.74, 6) is -0.590. The molecule has 3 aromatic carbocycles. The van der Waals surface area contributed by atoms with E-state index in [1.165, 1.54) is 0 Å². The van der Waals surface area contributed by atoms with Gasteiger partial charge in [0.2, 0.25) is 0 Å². The van der Waals surface area contributed by atoms with Crippen molar-refractivity contribution in [3.8, 4) is 28.0 Å². The lowest BCUT2D eigenvalue weighted by Gasteiger charge is -2.10. The van der Waals surface area contributed by atoms with Crippen molar-refractivity contribution in [3.63, 3.8) is 0 Å². The van der Waals surface area contributed by atoms with E-state index in [9.17, 15) is 9.90 Å². The first-order valence-corrected chi connectivity index (χ1v) is 7.85. The average Bonchev–Trinajstić information content (AvgIpc) is 2.63. The first kappa shape index (κ1) is 15.8. The van der Waals surface area contributed by atoms with Crippen molar-refractivity contribution in [1.82, 2.24) is 0 Å². The van der Waals surface area contributed by atoms with Gasteiger partial charge in [0.25, 0.3) is 0 Å². The van der Waals surface area contributed by atoms with Crippen LogP contribution in [0.4, 0.5) is 0 Å². The van der Waals surface area contributed by atoms with Gasteiger partial charge in [-0.1, -0.05) is 54.6 Å². The van der Waals surface area contributed by atoms with E-state index >= 15 is 0 Å². The van der Waals surface area contributed by atoms with E-state index < -0.39 is 5.97 Å². The molecular formula is C21H18O3. The Morgan fingerprint density at radius 2 is 1.46 bits per heavy atom. The highest BCUT2D eigenvalue weighted by Crippen LogP contribution is 2.30. The molecule has 0 fully saturated rings. The third-order valence-electron chi connectivity index (χ3n) is 3.81. The van der Waals surface area contributed by atoms with Crippen LogP contribution in [0.1, 0.15) is 17.3 Å². The van der Waals surface area contributed by atoms with Gasteiger partial charge < -0.3 is 9.84 Å². The molecule has 0 aliphatic heterocycles. The maximum absolute atomic E-state index is 11.5. The lowest BCUT2D eigenvalue weighted by molar-refractivity contribution is 0.0692. The molecule has 0 bridgehead atoms. The Labute approximate surface area is 141 Å². The van der Waals surface area contributed by atoms with Crippen molar-refractivity contribution in [1.29, 1.82) is 0 Å². The molecule has 0 aromatic heterocycles. The molecule has 0 heterocycles. The number of rotatable bonds is 5. The van der Waals surface area contributed by atoms with E-state index in [2.05, 4.69) is 18.2 Å². The predicted octanol–water partition coefficient (Wildman–Crippen LogP) is 5.12. The summed E-state index contributed by atoms with van der Waals surface area (Å²) in [7, 11) is 0. The molecule has 3 aromatic rings. The van der Waals surface area contributed by atoms with E-state index in [1.807, 2.05) is 49.4 Å². The molecule has 3 nitrogen and oxygen atoms in total. The molecular weight excluding hydrogens is 300 g/mol. The topological polar surface area (TPSA) is 46.5 Å². The van der Waals surface area contributed by atoms with Crippen LogP contribution in [0.2, 0.25) is 0 Å². The molecule has 0 saturated carbocycles. The highest BCUT2D eigenvalue weighted by atomic mass is 16.5. The van der Waals surface area contributed by atoms with Crippen LogP contribution >= 0.6 is 0 Å². The lowest BCUT2D eigenvalue weighted by atomic mass is 9.98. The Hall–Kier alpha value is -3.07. The monoisotopic (exact) mass is 318 g/mol. The van der Waals surface area contributed by atoms with Crippen molar-refractivity contribution in [3.05, 3.63) is 78.4 Å². The predicted molar refractivity (Wildman–Crippen MR) is 95.4 cm³/mol. The van der Waals surface area contributed by atoms with Crippen LogP contribution in [-0.2, 0) is 0 Å². The number of ether oxygens (including phenoxy) is 1. The number of carboxylic acids is 1. The molecule has 0 amide bonds. The summed E-state index contributed by atoms with van der Waals surface area (Å²) in [5.41, 5.74) is 4.23. The number of hydrogen-bond donors (Lipinski definition) is 1. The zero-order valence-corrected chi connectivity index (χ0v) is 13.4. The second kappa shape index (κ2) is 7.01. The normalized spacial score (nSPS) is 10.4. The molecule has 0 unspecified atom stereocenters. The number of carboxylic acid groups (broad SMARTS) is 1. The highest BCUT2D eigenvalue weighted by Gasteiger charge is 2.13. The largest absolute Gasteiger partial charge is 0.493 e. The van der Waals surface area contributed by atoms with E-state index in [0.29, 0.717) is 12.4 Å².